The first-order valence-electron chi connectivity index (χ1n) is 8.47. The van der Waals surface area contributed by atoms with E-state index >= 15 is 0 Å². The van der Waals surface area contributed by atoms with Gasteiger partial charge in [0.25, 0.3) is 0 Å². The minimum atomic E-state index is 0.234. The van der Waals surface area contributed by atoms with Crippen LogP contribution in [-0.4, -0.2) is 47.3 Å². The summed E-state index contributed by atoms with van der Waals surface area (Å²) < 4.78 is 7.51. The van der Waals surface area contributed by atoms with E-state index < -0.39 is 0 Å². The maximum absolute atomic E-state index is 5.66. The van der Waals surface area contributed by atoms with Gasteiger partial charge in [-0.3, -0.25) is 14.6 Å². The molecule has 1 aliphatic heterocycles. The molecule has 2 aromatic rings. The van der Waals surface area contributed by atoms with Crippen LogP contribution in [0.15, 0.2) is 40.1 Å². The van der Waals surface area contributed by atoms with Crippen LogP contribution in [0.4, 0.5) is 0 Å². The number of nitrogens with one attached hydrogen (secondary N) is 2. The predicted molar refractivity (Wildman–Crippen MR) is 93.7 cm³/mol. The van der Waals surface area contributed by atoms with Gasteiger partial charge in [-0.1, -0.05) is 0 Å². The molecule has 2 N–H and O–H groups in total. The molecule has 0 aliphatic carbocycles. The van der Waals surface area contributed by atoms with Gasteiger partial charge in [0, 0.05) is 26.8 Å². The molecular weight excluding hydrogens is 304 g/mol. The zero-order valence-electron chi connectivity index (χ0n) is 14.4. The van der Waals surface area contributed by atoms with Gasteiger partial charge in [-0.2, -0.15) is 5.10 Å². The van der Waals surface area contributed by atoms with Crippen LogP contribution >= 0.6 is 0 Å². The van der Waals surface area contributed by atoms with Crippen molar-refractivity contribution in [3.05, 3.63) is 42.1 Å². The quantitative estimate of drug-likeness (QED) is 0.621. The average Bonchev–Trinajstić information content (AvgIpc) is 3.34. The van der Waals surface area contributed by atoms with Crippen LogP contribution in [0.5, 0.6) is 0 Å². The molecule has 2 aromatic heterocycles. The van der Waals surface area contributed by atoms with E-state index in [0.717, 1.165) is 37.0 Å². The van der Waals surface area contributed by atoms with Crippen LogP contribution in [0.3, 0.4) is 0 Å². The second-order valence-electron chi connectivity index (χ2n) is 6.03. The second kappa shape index (κ2) is 8.01. The number of hydrogen-bond acceptors (Lipinski definition) is 4. The van der Waals surface area contributed by atoms with Crippen molar-refractivity contribution in [1.82, 2.24) is 25.3 Å². The minimum absolute atomic E-state index is 0.234. The molecular formula is C17H26N6O. The summed E-state index contributed by atoms with van der Waals surface area (Å²) in [6.07, 6.45) is 6.05. The van der Waals surface area contributed by atoms with Crippen LogP contribution in [-0.2, 0) is 13.6 Å². The number of aliphatic imine (C=N–C) groups is 1. The fraction of sp³-hybridized carbons (Fsp3) is 0.529. The first kappa shape index (κ1) is 16.6. The zero-order valence-corrected chi connectivity index (χ0v) is 14.4. The first-order chi connectivity index (χ1) is 11.8. The average molecular weight is 330 g/mol. The summed E-state index contributed by atoms with van der Waals surface area (Å²) in [5.74, 6) is 1.79. The van der Waals surface area contributed by atoms with E-state index in [0.29, 0.717) is 6.54 Å². The maximum Gasteiger partial charge on any atom is 0.191 e. The normalized spacial score (nSPS) is 17.2. The summed E-state index contributed by atoms with van der Waals surface area (Å²) in [4.78, 5) is 6.79. The van der Waals surface area contributed by atoms with Gasteiger partial charge in [0.05, 0.1) is 24.5 Å². The Balaban J connectivity index is 1.57. The molecule has 1 fully saturated rings. The van der Waals surface area contributed by atoms with E-state index in [4.69, 9.17) is 4.42 Å². The summed E-state index contributed by atoms with van der Waals surface area (Å²) in [6.45, 7) is 3.69. The molecule has 7 nitrogen and oxygen atoms in total. The molecule has 0 bridgehead atoms. The molecule has 0 aromatic carbocycles. The van der Waals surface area contributed by atoms with Gasteiger partial charge in [0.15, 0.2) is 5.96 Å². The Morgan fingerprint density at radius 2 is 2.17 bits per heavy atom. The van der Waals surface area contributed by atoms with E-state index in [1.165, 1.54) is 12.8 Å². The Hall–Kier alpha value is -2.28. The molecule has 0 radical (unpaired) electrons. The molecule has 3 heterocycles. The number of rotatable bonds is 6. The minimum Gasteiger partial charge on any atom is -0.468 e. The van der Waals surface area contributed by atoms with E-state index in [9.17, 15) is 0 Å². The van der Waals surface area contributed by atoms with E-state index in [-0.39, 0.29) is 6.04 Å². The summed E-state index contributed by atoms with van der Waals surface area (Å²) >= 11 is 0. The summed E-state index contributed by atoms with van der Waals surface area (Å²) in [7, 11) is 3.73. The van der Waals surface area contributed by atoms with Crippen molar-refractivity contribution in [3.63, 3.8) is 0 Å². The molecule has 1 saturated heterocycles. The van der Waals surface area contributed by atoms with Gasteiger partial charge in [-0.25, -0.2) is 0 Å². The number of hydrogen-bond donors (Lipinski definition) is 2. The number of nitrogens with zero attached hydrogens (tertiary/aromatic N) is 4. The van der Waals surface area contributed by atoms with Crippen molar-refractivity contribution in [2.45, 2.75) is 25.4 Å². The van der Waals surface area contributed by atoms with Crippen LogP contribution in [0.25, 0.3) is 0 Å². The smallest absolute Gasteiger partial charge is 0.191 e. The van der Waals surface area contributed by atoms with Crippen LogP contribution in [0.2, 0.25) is 0 Å². The summed E-state index contributed by atoms with van der Waals surface area (Å²) in [5, 5.41) is 10.9. The highest BCUT2D eigenvalue weighted by molar-refractivity contribution is 5.79. The van der Waals surface area contributed by atoms with Gasteiger partial charge in [-0.05, 0) is 44.1 Å². The highest BCUT2D eigenvalue weighted by atomic mass is 16.3. The predicted octanol–water partition coefficient (Wildman–Crippen LogP) is 1.52. The standard InChI is InChI=1S/C17H26N6O/c1-18-17(19-12-14-7-8-21-22(14)2)20-13-15(16-6-5-11-24-16)23-9-3-4-10-23/h5-8,11,15H,3-4,9-10,12-13H2,1-2H3,(H2,18,19,20). The SMILES string of the molecule is CN=C(NCc1ccnn1C)NCC(c1ccco1)N1CCCC1. The lowest BCUT2D eigenvalue weighted by Crippen LogP contribution is -2.42. The van der Waals surface area contributed by atoms with Gasteiger partial charge >= 0.3 is 0 Å². The Morgan fingerprint density at radius 3 is 2.79 bits per heavy atom. The lowest BCUT2D eigenvalue weighted by molar-refractivity contribution is 0.215. The topological polar surface area (TPSA) is 70.6 Å². The molecule has 1 atom stereocenters. The van der Waals surface area contributed by atoms with Crippen LogP contribution in [0, 0.1) is 0 Å². The van der Waals surface area contributed by atoms with Gasteiger partial charge in [0.2, 0.25) is 0 Å². The summed E-state index contributed by atoms with van der Waals surface area (Å²) in [6, 6.07) is 6.23. The van der Waals surface area contributed by atoms with Gasteiger partial charge in [0.1, 0.15) is 5.76 Å². The highest BCUT2D eigenvalue weighted by Crippen LogP contribution is 2.24. The molecule has 0 saturated carbocycles. The van der Waals surface area contributed by atoms with Crippen molar-refractivity contribution >= 4 is 5.96 Å². The molecule has 1 aliphatic rings. The van der Waals surface area contributed by atoms with Crippen molar-refractivity contribution < 1.29 is 4.42 Å². The first-order valence-corrected chi connectivity index (χ1v) is 8.47. The zero-order chi connectivity index (χ0) is 16.8. The Bertz CT molecular complexity index is 642. The number of guanidine groups is 1. The van der Waals surface area contributed by atoms with Crippen molar-refractivity contribution in [2.75, 3.05) is 26.7 Å². The fourth-order valence-corrected chi connectivity index (χ4v) is 3.11. The maximum atomic E-state index is 5.66. The lowest BCUT2D eigenvalue weighted by atomic mass is 10.2. The van der Waals surface area contributed by atoms with Crippen molar-refractivity contribution in [2.24, 2.45) is 12.0 Å². The van der Waals surface area contributed by atoms with Crippen LogP contribution in [0.1, 0.15) is 30.3 Å². The fourth-order valence-electron chi connectivity index (χ4n) is 3.11. The third kappa shape index (κ3) is 3.97. The van der Waals surface area contributed by atoms with Gasteiger partial charge in [-0.15, -0.1) is 0 Å². The number of furan rings is 1. The number of aryl methyl sites for hydroxylation is 1. The van der Waals surface area contributed by atoms with Crippen molar-refractivity contribution in [1.29, 1.82) is 0 Å². The summed E-state index contributed by atoms with van der Waals surface area (Å²) in [5.41, 5.74) is 1.11. The molecule has 24 heavy (non-hydrogen) atoms. The molecule has 0 amide bonds. The molecule has 7 heteroatoms. The van der Waals surface area contributed by atoms with Gasteiger partial charge < -0.3 is 15.1 Å². The molecule has 1 unspecified atom stereocenters. The van der Waals surface area contributed by atoms with E-state index in [1.54, 1.807) is 19.5 Å². The number of likely N-dealkylation sites (tertiary alicyclic amines) is 1. The van der Waals surface area contributed by atoms with Crippen LogP contribution < -0.4 is 10.6 Å². The second-order valence-corrected chi connectivity index (χ2v) is 6.03. The molecule has 0 spiro atoms. The van der Waals surface area contributed by atoms with E-state index in [2.05, 4.69) is 31.7 Å². The Labute approximate surface area is 142 Å². The third-order valence-electron chi connectivity index (χ3n) is 4.50. The lowest BCUT2D eigenvalue weighted by Gasteiger charge is -2.26. The largest absolute Gasteiger partial charge is 0.468 e. The Morgan fingerprint density at radius 1 is 1.33 bits per heavy atom. The van der Waals surface area contributed by atoms with Crippen molar-refractivity contribution in [3.8, 4) is 0 Å². The highest BCUT2D eigenvalue weighted by Gasteiger charge is 2.25. The molecule has 130 valence electrons. The Kier molecular flexibility index (Phi) is 5.53. The number of aromatic nitrogens is 2. The third-order valence-corrected chi connectivity index (χ3v) is 4.50. The molecule has 3 rings (SSSR count). The monoisotopic (exact) mass is 330 g/mol. The van der Waals surface area contributed by atoms with E-state index in [1.807, 2.05) is 23.9 Å².